The Labute approximate surface area is 140 Å². The van der Waals surface area contributed by atoms with Crippen molar-refractivity contribution >= 4 is 5.78 Å². The molecule has 0 aromatic rings. The quantitative estimate of drug-likeness (QED) is 0.772. The first-order chi connectivity index (χ1) is 10.9. The van der Waals surface area contributed by atoms with Crippen molar-refractivity contribution in [3.05, 3.63) is 11.1 Å². The van der Waals surface area contributed by atoms with E-state index in [4.69, 9.17) is 0 Å². The minimum Gasteiger partial charge on any atom is -0.396 e. The highest BCUT2D eigenvalue weighted by Crippen LogP contribution is 2.66. The molecule has 4 aliphatic carbocycles. The van der Waals surface area contributed by atoms with Crippen molar-refractivity contribution < 1.29 is 9.90 Å². The Morgan fingerprint density at radius 1 is 1.04 bits per heavy atom. The Morgan fingerprint density at radius 2 is 1.83 bits per heavy atom. The molecule has 0 aliphatic heterocycles. The number of hydrogen-bond donors (Lipinski definition) is 1. The van der Waals surface area contributed by atoms with Crippen LogP contribution in [0.1, 0.15) is 72.1 Å². The Morgan fingerprint density at radius 3 is 2.57 bits per heavy atom. The second kappa shape index (κ2) is 5.18. The number of aliphatic hydroxyl groups excluding tert-OH is 1. The minimum atomic E-state index is 0.277. The van der Waals surface area contributed by atoms with Gasteiger partial charge < -0.3 is 5.11 Å². The summed E-state index contributed by atoms with van der Waals surface area (Å²) in [4.78, 5) is 12.2. The predicted molar refractivity (Wildman–Crippen MR) is 91.9 cm³/mol. The van der Waals surface area contributed by atoms with Crippen molar-refractivity contribution in [1.29, 1.82) is 0 Å². The summed E-state index contributed by atoms with van der Waals surface area (Å²) >= 11 is 0. The molecule has 3 fully saturated rings. The number of allylic oxidation sites excluding steroid dienone is 1. The standard InChI is InChI=1S/C21H32O2/c1-13-16-7-5-15-17-6-4-14(12-22)20(17,2)10-8-18(15)21(16,3)11-9-19(13)23/h14-15,17-18,22H,4-12H2,1-3H3/t14-,15+,17+,18+,20-,21+/m1/s1. The van der Waals surface area contributed by atoms with Crippen molar-refractivity contribution in [2.24, 2.45) is 34.5 Å². The van der Waals surface area contributed by atoms with E-state index in [-0.39, 0.29) is 5.41 Å². The largest absolute Gasteiger partial charge is 0.396 e. The molecule has 2 heteroatoms. The van der Waals surface area contributed by atoms with Crippen LogP contribution in [0.2, 0.25) is 0 Å². The average molecular weight is 316 g/mol. The second-order valence-corrected chi connectivity index (χ2v) is 9.36. The van der Waals surface area contributed by atoms with Crippen LogP contribution in [-0.4, -0.2) is 17.5 Å². The van der Waals surface area contributed by atoms with Crippen LogP contribution in [0.3, 0.4) is 0 Å². The maximum absolute atomic E-state index is 12.2. The van der Waals surface area contributed by atoms with Gasteiger partial charge in [-0.15, -0.1) is 0 Å². The van der Waals surface area contributed by atoms with E-state index in [0.717, 1.165) is 42.6 Å². The summed E-state index contributed by atoms with van der Waals surface area (Å²) in [6, 6.07) is 0. The molecule has 0 amide bonds. The van der Waals surface area contributed by atoms with Gasteiger partial charge in [0.15, 0.2) is 5.78 Å². The Balaban J connectivity index is 1.69. The zero-order valence-electron chi connectivity index (χ0n) is 15.0. The Bertz CT molecular complexity index is 562. The van der Waals surface area contributed by atoms with Crippen LogP contribution in [0.5, 0.6) is 0 Å². The topological polar surface area (TPSA) is 37.3 Å². The molecule has 2 nitrogen and oxygen atoms in total. The molecule has 0 radical (unpaired) electrons. The predicted octanol–water partition coefficient (Wildman–Crippen LogP) is 4.52. The van der Waals surface area contributed by atoms with Gasteiger partial charge in [0.05, 0.1) is 0 Å². The molecule has 0 heterocycles. The molecule has 3 saturated carbocycles. The molecule has 0 aromatic heterocycles. The second-order valence-electron chi connectivity index (χ2n) is 9.36. The fraction of sp³-hybridized carbons (Fsp3) is 0.857. The SMILES string of the molecule is CC1=C2CC[C@H]3[C@@H]4CC[C@H](CO)[C@@]4(C)CC[C@@H]3[C@@]2(C)CCC1=O. The molecule has 0 bridgehead atoms. The fourth-order valence-electron chi connectivity index (χ4n) is 7.39. The normalized spacial score (nSPS) is 49.7. The van der Waals surface area contributed by atoms with Gasteiger partial charge in [-0.25, -0.2) is 0 Å². The highest BCUT2D eigenvalue weighted by Gasteiger charge is 2.59. The molecule has 1 N–H and O–H groups in total. The number of ketones is 1. The van der Waals surface area contributed by atoms with E-state index >= 15 is 0 Å². The molecule has 23 heavy (non-hydrogen) atoms. The number of hydrogen-bond acceptors (Lipinski definition) is 2. The van der Waals surface area contributed by atoms with E-state index in [1.807, 2.05) is 0 Å². The number of Topliss-reactive ketones (excluding diaryl/α,β-unsaturated/α-hetero) is 1. The third-order valence-corrected chi connectivity index (χ3v) is 8.83. The minimum absolute atomic E-state index is 0.277. The van der Waals surface area contributed by atoms with Gasteiger partial charge in [0.1, 0.15) is 0 Å². The van der Waals surface area contributed by atoms with Crippen LogP contribution in [0.4, 0.5) is 0 Å². The average Bonchev–Trinajstić information content (AvgIpc) is 2.88. The molecule has 4 aliphatic rings. The van der Waals surface area contributed by atoms with Crippen LogP contribution >= 0.6 is 0 Å². The molecule has 128 valence electrons. The van der Waals surface area contributed by atoms with Crippen molar-refractivity contribution in [1.82, 2.24) is 0 Å². The molecular weight excluding hydrogens is 284 g/mol. The number of carbonyl (C=O) groups excluding carboxylic acids is 1. The zero-order valence-corrected chi connectivity index (χ0v) is 15.0. The van der Waals surface area contributed by atoms with Gasteiger partial charge in [-0.1, -0.05) is 19.4 Å². The van der Waals surface area contributed by atoms with Crippen LogP contribution in [0.25, 0.3) is 0 Å². The number of aliphatic hydroxyl groups is 1. The lowest BCUT2D eigenvalue weighted by molar-refractivity contribution is -0.118. The highest BCUT2D eigenvalue weighted by molar-refractivity contribution is 5.96. The molecule has 0 spiro atoms. The van der Waals surface area contributed by atoms with Gasteiger partial charge in [-0.2, -0.15) is 0 Å². The van der Waals surface area contributed by atoms with Gasteiger partial charge in [-0.3, -0.25) is 4.79 Å². The van der Waals surface area contributed by atoms with E-state index in [1.54, 1.807) is 0 Å². The van der Waals surface area contributed by atoms with Crippen LogP contribution in [0, 0.1) is 34.5 Å². The van der Waals surface area contributed by atoms with Crippen molar-refractivity contribution in [3.63, 3.8) is 0 Å². The van der Waals surface area contributed by atoms with Crippen molar-refractivity contribution in [2.45, 2.75) is 72.1 Å². The van der Waals surface area contributed by atoms with Crippen molar-refractivity contribution in [2.75, 3.05) is 6.61 Å². The van der Waals surface area contributed by atoms with Gasteiger partial charge >= 0.3 is 0 Å². The highest BCUT2D eigenvalue weighted by atomic mass is 16.3. The van der Waals surface area contributed by atoms with E-state index < -0.39 is 0 Å². The van der Waals surface area contributed by atoms with Gasteiger partial charge in [-0.05, 0) is 91.9 Å². The lowest BCUT2D eigenvalue weighted by Gasteiger charge is -2.58. The summed E-state index contributed by atoms with van der Waals surface area (Å²) in [6.45, 7) is 7.39. The monoisotopic (exact) mass is 316 g/mol. The molecule has 0 unspecified atom stereocenters. The summed E-state index contributed by atoms with van der Waals surface area (Å²) in [6.07, 6.45) is 9.37. The van der Waals surface area contributed by atoms with Crippen LogP contribution < -0.4 is 0 Å². The van der Waals surface area contributed by atoms with Crippen LogP contribution in [0.15, 0.2) is 11.1 Å². The Hall–Kier alpha value is -0.630. The lowest BCUT2D eigenvalue weighted by Crippen LogP contribution is -2.51. The molecule has 4 rings (SSSR count). The van der Waals surface area contributed by atoms with Gasteiger partial charge in [0.2, 0.25) is 0 Å². The maximum atomic E-state index is 12.2. The van der Waals surface area contributed by atoms with E-state index in [2.05, 4.69) is 20.8 Å². The zero-order chi connectivity index (χ0) is 16.4. The summed E-state index contributed by atoms with van der Waals surface area (Å²) < 4.78 is 0. The number of rotatable bonds is 1. The van der Waals surface area contributed by atoms with E-state index in [0.29, 0.717) is 23.7 Å². The van der Waals surface area contributed by atoms with E-state index in [9.17, 15) is 9.90 Å². The molecule has 0 aromatic carbocycles. The summed E-state index contributed by atoms with van der Waals surface area (Å²) in [5, 5.41) is 9.82. The van der Waals surface area contributed by atoms with Crippen LogP contribution in [-0.2, 0) is 4.79 Å². The lowest BCUT2D eigenvalue weighted by atomic mass is 9.46. The maximum Gasteiger partial charge on any atom is 0.158 e. The van der Waals surface area contributed by atoms with Gasteiger partial charge in [0.25, 0.3) is 0 Å². The first kappa shape index (κ1) is 15.9. The first-order valence-electron chi connectivity index (χ1n) is 9.76. The number of carbonyl (C=O) groups is 1. The molecule has 6 atom stereocenters. The summed E-state index contributed by atoms with van der Waals surface area (Å²) in [7, 11) is 0. The van der Waals surface area contributed by atoms with Gasteiger partial charge in [0, 0.05) is 13.0 Å². The Kier molecular flexibility index (Phi) is 3.58. The van der Waals surface area contributed by atoms with Crippen molar-refractivity contribution in [3.8, 4) is 0 Å². The number of fused-ring (bicyclic) bond motifs is 5. The molecule has 0 saturated heterocycles. The van der Waals surface area contributed by atoms with E-state index in [1.165, 1.54) is 37.7 Å². The molecular formula is C21H32O2. The third-order valence-electron chi connectivity index (χ3n) is 8.83. The first-order valence-corrected chi connectivity index (χ1v) is 9.76. The summed E-state index contributed by atoms with van der Waals surface area (Å²) in [5.74, 6) is 3.31. The third kappa shape index (κ3) is 2.00. The fourth-order valence-corrected chi connectivity index (χ4v) is 7.39. The summed E-state index contributed by atoms with van der Waals surface area (Å²) in [5.41, 5.74) is 3.26. The smallest absolute Gasteiger partial charge is 0.158 e.